The van der Waals surface area contributed by atoms with Crippen molar-refractivity contribution in [3.63, 3.8) is 0 Å². The topological polar surface area (TPSA) is 56.9 Å². The fourth-order valence-corrected chi connectivity index (χ4v) is 3.43. The van der Waals surface area contributed by atoms with Crippen LogP contribution < -0.4 is 5.32 Å². The summed E-state index contributed by atoms with van der Waals surface area (Å²) in [5, 5.41) is 15.9. The number of anilines is 2. The van der Waals surface area contributed by atoms with Gasteiger partial charge in [0, 0.05) is 35.7 Å². The Balaban J connectivity index is 1.91. The molecular weight excluding hydrogens is 310 g/mol. The lowest BCUT2D eigenvalue weighted by Gasteiger charge is -2.30. The molecule has 2 heterocycles. The number of benzene rings is 1. The summed E-state index contributed by atoms with van der Waals surface area (Å²) in [5.74, 6) is 0.480. The molecule has 0 atom stereocenters. The van der Waals surface area contributed by atoms with Gasteiger partial charge in [-0.15, -0.1) is 0 Å². The zero-order chi connectivity index (χ0) is 16.4. The molecule has 5 nitrogen and oxygen atoms in total. The van der Waals surface area contributed by atoms with E-state index in [0.29, 0.717) is 5.92 Å². The van der Waals surface area contributed by atoms with Crippen LogP contribution in [0.4, 0.5) is 11.4 Å². The lowest BCUT2D eigenvalue weighted by Crippen LogP contribution is -2.29. The Morgan fingerprint density at radius 3 is 2.65 bits per heavy atom. The Labute approximate surface area is 141 Å². The van der Waals surface area contributed by atoms with Gasteiger partial charge in [-0.3, -0.25) is 4.68 Å². The number of aryl methyl sites for hydroxylation is 1. The van der Waals surface area contributed by atoms with E-state index in [-0.39, 0.29) is 0 Å². The van der Waals surface area contributed by atoms with Crippen molar-refractivity contribution in [3.05, 3.63) is 40.7 Å². The minimum absolute atomic E-state index is 0.480. The highest BCUT2D eigenvalue weighted by atomic mass is 35.5. The number of halogens is 1. The third-order valence-corrected chi connectivity index (χ3v) is 4.79. The Morgan fingerprint density at radius 2 is 2.04 bits per heavy atom. The molecule has 0 spiro atoms. The molecule has 6 heteroatoms. The normalized spacial score (nSPS) is 16.5. The smallest absolute Gasteiger partial charge is 0.0770 e. The van der Waals surface area contributed by atoms with Crippen LogP contribution in [0.5, 0.6) is 0 Å². The number of rotatable bonds is 4. The molecule has 1 aliphatic heterocycles. The fraction of sp³-hybridized carbons (Fsp3) is 0.412. The largest absolute Gasteiger partial charge is 0.352 e. The first kappa shape index (κ1) is 16.0. The number of hydrogen-bond donors (Lipinski definition) is 2. The van der Waals surface area contributed by atoms with E-state index in [9.17, 15) is 0 Å². The first-order valence-electron chi connectivity index (χ1n) is 7.85. The highest BCUT2D eigenvalue weighted by molar-refractivity contribution is 6.32. The van der Waals surface area contributed by atoms with Gasteiger partial charge in [0.2, 0.25) is 0 Å². The first-order chi connectivity index (χ1) is 11.1. The van der Waals surface area contributed by atoms with Crippen LogP contribution in [-0.2, 0) is 7.05 Å². The monoisotopic (exact) mass is 331 g/mol. The maximum absolute atomic E-state index is 7.64. The summed E-state index contributed by atoms with van der Waals surface area (Å²) >= 11 is 6.50. The predicted molar refractivity (Wildman–Crippen MR) is 95.3 cm³/mol. The van der Waals surface area contributed by atoms with Crippen LogP contribution in [0.15, 0.2) is 24.5 Å². The van der Waals surface area contributed by atoms with E-state index in [2.05, 4.69) is 28.4 Å². The van der Waals surface area contributed by atoms with Crippen LogP contribution in [0, 0.1) is 5.41 Å². The lowest BCUT2D eigenvalue weighted by atomic mass is 9.88. The number of nitrogens with zero attached hydrogens (tertiary/aromatic N) is 3. The highest BCUT2D eigenvalue weighted by Gasteiger charge is 2.21. The third-order valence-electron chi connectivity index (χ3n) is 4.47. The number of aromatic nitrogens is 2. The van der Waals surface area contributed by atoms with Crippen molar-refractivity contribution in [2.45, 2.75) is 18.8 Å². The number of piperidine rings is 1. The summed E-state index contributed by atoms with van der Waals surface area (Å²) in [7, 11) is 4.04. The van der Waals surface area contributed by atoms with Gasteiger partial charge >= 0.3 is 0 Å². The van der Waals surface area contributed by atoms with Gasteiger partial charge in [-0.25, -0.2) is 0 Å². The van der Waals surface area contributed by atoms with Crippen LogP contribution in [0.2, 0.25) is 5.02 Å². The molecule has 1 aromatic heterocycles. The Hall–Kier alpha value is -1.85. The summed E-state index contributed by atoms with van der Waals surface area (Å²) in [6, 6.07) is 3.99. The van der Waals surface area contributed by atoms with Crippen molar-refractivity contribution < 1.29 is 0 Å². The molecule has 1 fully saturated rings. The fourth-order valence-electron chi connectivity index (χ4n) is 3.11. The van der Waals surface area contributed by atoms with E-state index in [0.717, 1.165) is 47.9 Å². The van der Waals surface area contributed by atoms with Gasteiger partial charge < -0.3 is 15.6 Å². The molecule has 2 N–H and O–H groups in total. The Bertz CT molecular complexity index is 701. The molecule has 1 saturated heterocycles. The van der Waals surface area contributed by atoms with Crippen molar-refractivity contribution in [3.8, 4) is 0 Å². The maximum atomic E-state index is 7.64. The number of hydrogen-bond acceptors (Lipinski definition) is 4. The van der Waals surface area contributed by atoms with Crippen LogP contribution in [0.1, 0.15) is 29.9 Å². The molecule has 0 bridgehead atoms. The van der Waals surface area contributed by atoms with Gasteiger partial charge in [0.15, 0.2) is 0 Å². The molecule has 0 radical (unpaired) electrons. The van der Waals surface area contributed by atoms with E-state index >= 15 is 0 Å². The third kappa shape index (κ3) is 3.57. The molecule has 122 valence electrons. The quantitative estimate of drug-likeness (QED) is 0.841. The van der Waals surface area contributed by atoms with E-state index in [1.54, 1.807) is 10.9 Å². The van der Waals surface area contributed by atoms with Gasteiger partial charge in [0.25, 0.3) is 0 Å². The second-order valence-corrected chi connectivity index (χ2v) is 6.62. The number of likely N-dealkylation sites (tertiary alicyclic amines) is 1. The van der Waals surface area contributed by atoms with Gasteiger partial charge in [0.05, 0.1) is 11.9 Å². The maximum Gasteiger partial charge on any atom is 0.0770 e. The Morgan fingerprint density at radius 1 is 1.30 bits per heavy atom. The van der Waals surface area contributed by atoms with Gasteiger partial charge in [-0.05, 0) is 56.6 Å². The minimum atomic E-state index is 0.480. The summed E-state index contributed by atoms with van der Waals surface area (Å²) in [4.78, 5) is 2.35. The van der Waals surface area contributed by atoms with Crippen LogP contribution in [0.25, 0.3) is 0 Å². The summed E-state index contributed by atoms with van der Waals surface area (Å²) in [6.07, 6.45) is 7.26. The van der Waals surface area contributed by atoms with Gasteiger partial charge in [-0.1, -0.05) is 11.6 Å². The second-order valence-electron chi connectivity index (χ2n) is 6.21. The zero-order valence-corrected chi connectivity index (χ0v) is 14.3. The van der Waals surface area contributed by atoms with Crippen LogP contribution in [-0.4, -0.2) is 41.0 Å². The molecule has 0 unspecified atom stereocenters. The van der Waals surface area contributed by atoms with Crippen molar-refractivity contribution in [1.82, 2.24) is 14.7 Å². The summed E-state index contributed by atoms with van der Waals surface area (Å²) in [5.41, 5.74) is 3.78. The first-order valence-corrected chi connectivity index (χ1v) is 8.22. The van der Waals surface area contributed by atoms with Crippen molar-refractivity contribution >= 4 is 29.2 Å². The van der Waals surface area contributed by atoms with E-state index in [4.69, 9.17) is 17.0 Å². The molecule has 2 aromatic rings. The zero-order valence-electron chi connectivity index (χ0n) is 13.5. The average Bonchev–Trinajstić information content (AvgIpc) is 2.95. The predicted octanol–water partition coefficient (Wildman–Crippen LogP) is 3.62. The molecule has 1 aliphatic rings. The van der Waals surface area contributed by atoms with Crippen molar-refractivity contribution in [2.24, 2.45) is 7.05 Å². The minimum Gasteiger partial charge on any atom is -0.352 e. The molecule has 1 aromatic carbocycles. The van der Waals surface area contributed by atoms with Crippen LogP contribution in [0.3, 0.4) is 0 Å². The Kier molecular flexibility index (Phi) is 4.68. The molecule has 0 saturated carbocycles. The average molecular weight is 332 g/mol. The SMILES string of the molecule is CN1CCC(c2cc(Nc3cnn(C)c3)c(C=N)cc2Cl)CC1. The molecule has 3 rings (SSSR count). The molecular formula is C17H22ClN5. The molecule has 0 aliphatic carbocycles. The molecule has 23 heavy (non-hydrogen) atoms. The molecule has 0 amide bonds. The van der Waals surface area contributed by atoms with E-state index < -0.39 is 0 Å². The number of nitrogens with one attached hydrogen (secondary N) is 2. The van der Waals surface area contributed by atoms with Gasteiger partial charge in [0.1, 0.15) is 0 Å². The van der Waals surface area contributed by atoms with Crippen molar-refractivity contribution in [2.75, 3.05) is 25.5 Å². The standard InChI is InChI=1S/C17H22ClN5/c1-22-5-3-12(4-6-22)15-8-17(13(9-19)7-16(15)18)21-14-10-20-23(2)11-14/h7-12,19,21H,3-6H2,1-2H3. The summed E-state index contributed by atoms with van der Waals surface area (Å²) in [6.45, 7) is 2.19. The van der Waals surface area contributed by atoms with Gasteiger partial charge in [-0.2, -0.15) is 5.10 Å². The van der Waals surface area contributed by atoms with E-state index in [1.165, 1.54) is 11.8 Å². The van der Waals surface area contributed by atoms with Crippen molar-refractivity contribution in [1.29, 1.82) is 5.41 Å². The van der Waals surface area contributed by atoms with E-state index in [1.807, 2.05) is 19.3 Å². The lowest BCUT2D eigenvalue weighted by molar-refractivity contribution is 0.255. The second kappa shape index (κ2) is 6.72. The summed E-state index contributed by atoms with van der Waals surface area (Å²) < 4.78 is 1.75. The highest BCUT2D eigenvalue weighted by Crippen LogP contribution is 2.36. The van der Waals surface area contributed by atoms with Crippen LogP contribution >= 0.6 is 11.6 Å².